The number of halogens is 1. The van der Waals surface area contributed by atoms with Gasteiger partial charge < -0.3 is 18.6 Å². The second-order valence-corrected chi connectivity index (χ2v) is 6.28. The van der Waals surface area contributed by atoms with Crippen molar-refractivity contribution in [2.45, 2.75) is 20.0 Å². The highest BCUT2D eigenvalue weighted by atomic mass is 19.1. The summed E-state index contributed by atoms with van der Waals surface area (Å²) < 4.78 is 34.7. The summed E-state index contributed by atoms with van der Waals surface area (Å²) in [5.74, 6) is 0.280. The van der Waals surface area contributed by atoms with Gasteiger partial charge in [0.2, 0.25) is 5.89 Å². The van der Waals surface area contributed by atoms with Crippen molar-refractivity contribution in [3.05, 3.63) is 65.8 Å². The molecule has 156 valence electrons. The Labute approximate surface area is 173 Å². The topological polar surface area (TPSA) is 83.7 Å². The fourth-order valence-electron chi connectivity index (χ4n) is 2.63. The van der Waals surface area contributed by atoms with Crippen LogP contribution in [-0.4, -0.2) is 29.9 Å². The Hall–Kier alpha value is -3.68. The van der Waals surface area contributed by atoms with Crippen molar-refractivity contribution in [1.29, 1.82) is 0 Å². The minimum absolute atomic E-state index is 0.121. The van der Waals surface area contributed by atoms with Crippen molar-refractivity contribution in [2.75, 3.05) is 13.7 Å². The van der Waals surface area contributed by atoms with Gasteiger partial charge in [-0.05, 0) is 55.8 Å². The molecule has 30 heavy (non-hydrogen) atoms. The van der Waals surface area contributed by atoms with Crippen molar-refractivity contribution in [1.82, 2.24) is 10.2 Å². The van der Waals surface area contributed by atoms with Crippen molar-refractivity contribution in [3.8, 4) is 23.0 Å². The summed E-state index contributed by atoms with van der Waals surface area (Å²) in [5.41, 5.74) is 1.51. The third-order valence-corrected chi connectivity index (χ3v) is 4.08. The first-order chi connectivity index (χ1) is 14.5. The Kier molecular flexibility index (Phi) is 6.79. The highest BCUT2D eigenvalue weighted by Gasteiger charge is 2.20. The minimum atomic E-state index is -0.776. The highest BCUT2D eigenvalue weighted by Crippen LogP contribution is 2.29. The lowest BCUT2D eigenvalue weighted by molar-refractivity contribution is -0.152. The third kappa shape index (κ3) is 5.22. The van der Waals surface area contributed by atoms with Crippen molar-refractivity contribution in [3.63, 3.8) is 0 Å². The molecule has 0 fully saturated rings. The van der Waals surface area contributed by atoms with Crippen molar-refractivity contribution >= 4 is 12.0 Å². The van der Waals surface area contributed by atoms with Gasteiger partial charge in [0, 0.05) is 5.56 Å². The SMILES string of the molecule is C/C=C/c1ccc(OCC(=O)O[C@@H](C)c2nnc(-c3ccc(F)cc3)o2)c(OC)c1. The van der Waals surface area contributed by atoms with E-state index in [4.69, 9.17) is 18.6 Å². The summed E-state index contributed by atoms with van der Waals surface area (Å²) in [6.45, 7) is 3.20. The van der Waals surface area contributed by atoms with Crippen LogP contribution in [0.3, 0.4) is 0 Å². The zero-order valence-electron chi connectivity index (χ0n) is 16.8. The van der Waals surface area contributed by atoms with Gasteiger partial charge in [-0.3, -0.25) is 0 Å². The van der Waals surface area contributed by atoms with Gasteiger partial charge in [-0.2, -0.15) is 0 Å². The molecule has 0 saturated carbocycles. The normalized spacial score (nSPS) is 12.0. The number of esters is 1. The quantitative estimate of drug-likeness (QED) is 0.500. The van der Waals surface area contributed by atoms with Crippen LogP contribution in [0.1, 0.15) is 31.4 Å². The highest BCUT2D eigenvalue weighted by molar-refractivity contribution is 5.71. The molecule has 0 amide bonds. The van der Waals surface area contributed by atoms with Crippen LogP contribution in [0.15, 0.2) is 53.0 Å². The fourth-order valence-corrected chi connectivity index (χ4v) is 2.63. The van der Waals surface area contributed by atoms with Crippen molar-refractivity contribution in [2.24, 2.45) is 0 Å². The number of benzene rings is 2. The summed E-state index contributed by atoms with van der Waals surface area (Å²) in [5, 5.41) is 7.79. The number of hydrogen-bond acceptors (Lipinski definition) is 7. The van der Waals surface area contributed by atoms with Crippen LogP contribution >= 0.6 is 0 Å². The number of ether oxygens (including phenoxy) is 3. The number of carbonyl (C=O) groups excluding carboxylic acids is 1. The van der Waals surface area contributed by atoms with Crippen LogP contribution in [0.25, 0.3) is 17.5 Å². The average Bonchev–Trinajstić information content (AvgIpc) is 3.24. The summed E-state index contributed by atoms with van der Waals surface area (Å²) in [6.07, 6.45) is 3.06. The van der Waals surface area contributed by atoms with Gasteiger partial charge in [0.15, 0.2) is 24.2 Å². The number of methoxy groups -OCH3 is 1. The molecule has 0 saturated heterocycles. The predicted molar refractivity (Wildman–Crippen MR) is 107 cm³/mol. The molecular formula is C22H21FN2O5. The van der Waals surface area contributed by atoms with Gasteiger partial charge in [0.25, 0.3) is 5.89 Å². The number of allylic oxidation sites excluding steroid dienone is 1. The van der Waals surface area contributed by atoms with E-state index in [0.717, 1.165) is 5.56 Å². The predicted octanol–water partition coefficient (Wildman–Crippen LogP) is 4.60. The Morgan fingerprint density at radius 2 is 1.93 bits per heavy atom. The Morgan fingerprint density at radius 3 is 2.63 bits per heavy atom. The molecule has 0 aliphatic heterocycles. The van der Waals surface area contributed by atoms with E-state index in [1.54, 1.807) is 19.1 Å². The number of rotatable bonds is 8. The maximum atomic E-state index is 13.0. The lowest BCUT2D eigenvalue weighted by Crippen LogP contribution is -2.17. The van der Waals surface area contributed by atoms with Crippen LogP contribution in [-0.2, 0) is 9.53 Å². The summed E-state index contributed by atoms with van der Waals surface area (Å²) >= 11 is 0. The maximum Gasteiger partial charge on any atom is 0.344 e. The molecule has 8 heteroatoms. The average molecular weight is 412 g/mol. The first-order valence-electron chi connectivity index (χ1n) is 9.22. The van der Waals surface area contributed by atoms with E-state index in [0.29, 0.717) is 17.1 Å². The molecule has 2 aromatic carbocycles. The van der Waals surface area contributed by atoms with Gasteiger partial charge in [-0.25, -0.2) is 9.18 Å². The molecule has 7 nitrogen and oxygen atoms in total. The van der Waals surface area contributed by atoms with Crippen molar-refractivity contribution < 1.29 is 27.8 Å². The lowest BCUT2D eigenvalue weighted by atomic mass is 10.2. The van der Waals surface area contributed by atoms with Crippen LogP contribution < -0.4 is 9.47 Å². The Balaban J connectivity index is 1.58. The van der Waals surface area contributed by atoms with E-state index in [2.05, 4.69) is 10.2 Å². The minimum Gasteiger partial charge on any atom is -0.493 e. The van der Waals surface area contributed by atoms with E-state index in [1.807, 2.05) is 25.1 Å². The standard InChI is InChI=1S/C22H21FN2O5/c1-4-5-15-6-11-18(19(12-15)27-3)28-13-20(26)29-14(2)21-24-25-22(30-21)16-7-9-17(23)10-8-16/h4-12,14H,13H2,1-3H3/b5-4+/t14-/m0/s1. The number of aromatic nitrogens is 2. The molecule has 3 aromatic rings. The second kappa shape index (κ2) is 9.69. The Morgan fingerprint density at radius 1 is 1.17 bits per heavy atom. The zero-order chi connectivity index (χ0) is 21.5. The van der Waals surface area contributed by atoms with Gasteiger partial charge in [0.05, 0.1) is 7.11 Å². The fraction of sp³-hybridized carbons (Fsp3) is 0.227. The molecular weight excluding hydrogens is 391 g/mol. The number of carbonyl (C=O) groups is 1. The van der Waals surface area contributed by atoms with E-state index < -0.39 is 12.1 Å². The summed E-state index contributed by atoms with van der Waals surface area (Å²) in [7, 11) is 1.52. The molecule has 0 spiro atoms. The molecule has 3 rings (SSSR count). The smallest absolute Gasteiger partial charge is 0.344 e. The van der Waals surface area contributed by atoms with Gasteiger partial charge >= 0.3 is 5.97 Å². The van der Waals surface area contributed by atoms with E-state index in [1.165, 1.54) is 31.4 Å². The molecule has 0 radical (unpaired) electrons. The largest absolute Gasteiger partial charge is 0.493 e. The third-order valence-electron chi connectivity index (χ3n) is 4.08. The van der Waals surface area contributed by atoms with Gasteiger partial charge in [-0.1, -0.05) is 18.2 Å². The van der Waals surface area contributed by atoms with Crippen LogP contribution in [0.5, 0.6) is 11.5 Å². The molecule has 1 heterocycles. The van der Waals surface area contributed by atoms with Gasteiger partial charge in [0.1, 0.15) is 5.82 Å². The number of hydrogen-bond donors (Lipinski definition) is 0. The van der Waals surface area contributed by atoms with E-state index in [-0.39, 0.29) is 24.2 Å². The van der Waals surface area contributed by atoms with Gasteiger partial charge in [-0.15, -0.1) is 10.2 Å². The van der Waals surface area contributed by atoms with E-state index >= 15 is 0 Å². The van der Waals surface area contributed by atoms with E-state index in [9.17, 15) is 9.18 Å². The molecule has 0 unspecified atom stereocenters. The first-order valence-corrected chi connectivity index (χ1v) is 9.22. The molecule has 0 aliphatic rings. The molecule has 0 aliphatic carbocycles. The monoisotopic (exact) mass is 412 g/mol. The van der Waals surface area contributed by atoms with Crippen LogP contribution in [0, 0.1) is 5.82 Å². The molecule has 1 atom stereocenters. The summed E-state index contributed by atoms with van der Waals surface area (Å²) in [6, 6.07) is 11.0. The second-order valence-electron chi connectivity index (χ2n) is 6.28. The first kappa shape index (κ1) is 21.0. The zero-order valence-corrected chi connectivity index (χ0v) is 16.8. The molecule has 0 bridgehead atoms. The Bertz CT molecular complexity index is 1030. The number of nitrogens with zero attached hydrogens (tertiary/aromatic N) is 2. The van der Waals surface area contributed by atoms with Crippen LogP contribution in [0.2, 0.25) is 0 Å². The maximum absolute atomic E-state index is 13.0. The lowest BCUT2D eigenvalue weighted by Gasteiger charge is -2.12. The summed E-state index contributed by atoms with van der Waals surface area (Å²) in [4.78, 5) is 12.2. The van der Waals surface area contributed by atoms with Crippen LogP contribution in [0.4, 0.5) is 4.39 Å². The molecule has 0 N–H and O–H groups in total. The molecule has 1 aromatic heterocycles.